The number of rotatable bonds is 9. The van der Waals surface area contributed by atoms with Gasteiger partial charge in [-0.1, -0.05) is 17.8 Å². The average Bonchev–Trinajstić information content (AvgIpc) is 3.35. The van der Waals surface area contributed by atoms with Crippen LogP contribution in [0.2, 0.25) is 0 Å². The van der Waals surface area contributed by atoms with Gasteiger partial charge in [0, 0.05) is 18.1 Å². The molecule has 9 nitrogen and oxygen atoms in total. The van der Waals surface area contributed by atoms with Crippen molar-refractivity contribution >= 4 is 12.2 Å². The summed E-state index contributed by atoms with van der Waals surface area (Å²) in [6.07, 6.45) is 3.79. The molecule has 186 valence electrons. The molecule has 2 aromatic carbocycles. The zero-order valence-electron chi connectivity index (χ0n) is 20.2. The van der Waals surface area contributed by atoms with Crippen molar-refractivity contribution in [2.75, 3.05) is 41.8 Å². The number of carbonyl (C=O) groups is 1. The van der Waals surface area contributed by atoms with Gasteiger partial charge < -0.3 is 33.3 Å². The zero-order valence-corrected chi connectivity index (χ0v) is 20.2. The molecule has 0 fully saturated rings. The third kappa shape index (κ3) is 4.58. The Morgan fingerprint density at radius 1 is 1.06 bits per heavy atom. The maximum Gasteiger partial charge on any atom is 0.310 e. The highest BCUT2D eigenvalue weighted by atomic mass is 16.7. The molecule has 9 heteroatoms. The summed E-state index contributed by atoms with van der Waals surface area (Å²) in [5.74, 6) is 1.02. The number of fused-ring (bicyclic) bond motifs is 2. The van der Waals surface area contributed by atoms with E-state index in [2.05, 4.69) is 11.7 Å². The fourth-order valence-corrected chi connectivity index (χ4v) is 4.76. The number of ether oxygens (including phenoxy) is 6. The van der Waals surface area contributed by atoms with Crippen molar-refractivity contribution in [1.29, 1.82) is 0 Å². The molecule has 3 atom stereocenters. The van der Waals surface area contributed by atoms with E-state index in [9.17, 15) is 4.79 Å². The SMILES string of the molecule is C=CCO/N=C/C1Cc2cc3c(cc2[C@@H](c2cc(OC)c(OC)c(OC)c2)[C@@H]1C(=O)OC)OCO3. The first-order valence-electron chi connectivity index (χ1n) is 11.1. The lowest BCUT2D eigenvalue weighted by atomic mass is 9.66. The second kappa shape index (κ2) is 10.6. The lowest BCUT2D eigenvalue weighted by molar-refractivity contribution is -0.147. The van der Waals surface area contributed by atoms with E-state index in [0.717, 1.165) is 16.7 Å². The molecule has 0 saturated carbocycles. The van der Waals surface area contributed by atoms with E-state index in [1.807, 2.05) is 24.3 Å². The van der Waals surface area contributed by atoms with Crippen LogP contribution in [0.4, 0.5) is 0 Å². The summed E-state index contributed by atoms with van der Waals surface area (Å²) in [7, 11) is 6.03. The van der Waals surface area contributed by atoms with Crippen LogP contribution in [0.1, 0.15) is 22.6 Å². The van der Waals surface area contributed by atoms with Crippen molar-refractivity contribution in [3.8, 4) is 28.7 Å². The average molecular weight is 484 g/mol. The highest BCUT2D eigenvalue weighted by molar-refractivity contribution is 5.81. The van der Waals surface area contributed by atoms with Crippen LogP contribution in [0.5, 0.6) is 28.7 Å². The van der Waals surface area contributed by atoms with E-state index in [4.69, 9.17) is 33.3 Å². The Morgan fingerprint density at radius 2 is 1.74 bits per heavy atom. The van der Waals surface area contributed by atoms with Crippen molar-refractivity contribution in [3.63, 3.8) is 0 Å². The molecular formula is C26H29NO8. The van der Waals surface area contributed by atoms with Crippen molar-refractivity contribution in [2.24, 2.45) is 17.0 Å². The first-order chi connectivity index (χ1) is 17.1. The number of hydrogen-bond acceptors (Lipinski definition) is 9. The topological polar surface area (TPSA) is 94.0 Å². The van der Waals surface area contributed by atoms with Crippen molar-refractivity contribution < 1.29 is 38.1 Å². The van der Waals surface area contributed by atoms with Crippen LogP contribution in [-0.4, -0.2) is 54.0 Å². The van der Waals surface area contributed by atoms with E-state index in [-0.39, 0.29) is 25.3 Å². The monoisotopic (exact) mass is 483 g/mol. The highest BCUT2D eigenvalue weighted by Crippen LogP contribution is 2.50. The molecule has 0 spiro atoms. The largest absolute Gasteiger partial charge is 0.493 e. The van der Waals surface area contributed by atoms with Gasteiger partial charge >= 0.3 is 5.97 Å². The normalized spacial score (nSPS) is 20.2. The standard InChI is InChI=1S/C26H29NO8/c1-6-7-35-27-13-17-8-15-9-19-20(34-14-33-19)12-18(15)23(24(17)26(28)32-5)16-10-21(29-2)25(31-4)22(11-16)30-3/h6,9-13,17,23-24H,1,7-8,14H2,2-5H3/b27-13+/t17?,23-,24-/m1/s1. The number of oxime groups is 1. The van der Waals surface area contributed by atoms with Crippen LogP contribution < -0.4 is 23.7 Å². The van der Waals surface area contributed by atoms with Gasteiger partial charge in [0.25, 0.3) is 0 Å². The Morgan fingerprint density at radius 3 is 2.34 bits per heavy atom. The van der Waals surface area contributed by atoms with Crippen LogP contribution in [0.15, 0.2) is 42.1 Å². The molecule has 1 aliphatic heterocycles. The van der Waals surface area contributed by atoms with Crippen LogP contribution in [0.25, 0.3) is 0 Å². The number of nitrogens with zero attached hydrogens (tertiary/aromatic N) is 1. The van der Waals surface area contributed by atoms with Crippen molar-refractivity contribution in [3.05, 3.63) is 53.6 Å². The molecule has 35 heavy (non-hydrogen) atoms. The second-order valence-electron chi connectivity index (χ2n) is 8.10. The van der Waals surface area contributed by atoms with E-state index in [0.29, 0.717) is 35.2 Å². The molecule has 4 rings (SSSR count). The Labute approximate surface area is 204 Å². The molecule has 0 radical (unpaired) electrons. The Balaban J connectivity index is 1.92. The Bertz CT molecular complexity index is 1100. The summed E-state index contributed by atoms with van der Waals surface area (Å²) >= 11 is 0. The predicted molar refractivity (Wildman–Crippen MR) is 128 cm³/mol. The molecule has 0 bridgehead atoms. The summed E-state index contributed by atoms with van der Waals surface area (Å²) in [5, 5.41) is 4.09. The van der Waals surface area contributed by atoms with E-state index < -0.39 is 11.8 Å². The molecule has 0 amide bonds. The molecule has 0 saturated heterocycles. The van der Waals surface area contributed by atoms with Gasteiger partial charge in [-0.2, -0.15) is 0 Å². The molecule has 1 unspecified atom stereocenters. The smallest absolute Gasteiger partial charge is 0.310 e. The minimum Gasteiger partial charge on any atom is -0.493 e. The Hall–Kier alpha value is -3.88. The number of hydrogen-bond donors (Lipinski definition) is 0. The minimum absolute atomic E-state index is 0.147. The van der Waals surface area contributed by atoms with Crippen molar-refractivity contribution in [2.45, 2.75) is 12.3 Å². The van der Waals surface area contributed by atoms with E-state index >= 15 is 0 Å². The zero-order chi connectivity index (χ0) is 24.9. The van der Waals surface area contributed by atoms with Crippen LogP contribution in [0.3, 0.4) is 0 Å². The predicted octanol–water partition coefficient (Wildman–Crippen LogP) is 3.72. The van der Waals surface area contributed by atoms with E-state index in [1.54, 1.807) is 33.6 Å². The van der Waals surface area contributed by atoms with Gasteiger partial charge in [0.05, 0.1) is 34.4 Å². The van der Waals surface area contributed by atoms with Crippen LogP contribution in [-0.2, 0) is 20.8 Å². The van der Waals surface area contributed by atoms with E-state index in [1.165, 1.54) is 7.11 Å². The third-order valence-electron chi connectivity index (χ3n) is 6.28. The van der Waals surface area contributed by atoms with Crippen LogP contribution in [0, 0.1) is 11.8 Å². The molecule has 0 N–H and O–H groups in total. The van der Waals surface area contributed by atoms with Crippen molar-refractivity contribution in [1.82, 2.24) is 0 Å². The lowest BCUT2D eigenvalue weighted by Crippen LogP contribution is -2.37. The number of carbonyl (C=O) groups excluding carboxylic acids is 1. The van der Waals surface area contributed by atoms with Gasteiger partial charge in [-0.15, -0.1) is 0 Å². The first-order valence-corrected chi connectivity index (χ1v) is 11.1. The molecule has 2 aliphatic rings. The Kier molecular flexibility index (Phi) is 7.33. The summed E-state index contributed by atoms with van der Waals surface area (Å²) < 4.78 is 33.2. The first kappa shape index (κ1) is 24.3. The lowest BCUT2D eigenvalue weighted by Gasteiger charge is -2.37. The molecule has 0 aromatic heterocycles. The minimum atomic E-state index is -0.605. The molecular weight excluding hydrogens is 454 g/mol. The van der Waals surface area contributed by atoms with Gasteiger partial charge in [-0.25, -0.2) is 0 Å². The number of esters is 1. The van der Waals surface area contributed by atoms with Gasteiger partial charge in [0.1, 0.15) is 6.61 Å². The fourth-order valence-electron chi connectivity index (χ4n) is 4.76. The van der Waals surface area contributed by atoms with Crippen LogP contribution >= 0.6 is 0 Å². The van der Waals surface area contributed by atoms with Gasteiger partial charge in [0.15, 0.2) is 23.0 Å². The fraction of sp³-hybridized carbons (Fsp3) is 0.385. The second-order valence-corrected chi connectivity index (χ2v) is 8.10. The molecule has 2 aromatic rings. The third-order valence-corrected chi connectivity index (χ3v) is 6.28. The summed E-state index contributed by atoms with van der Waals surface area (Å²) in [6, 6.07) is 7.60. The molecule has 1 heterocycles. The van der Waals surface area contributed by atoms with Gasteiger partial charge in [0.2, 0.25) is 12.5 Å². The maximum absolute atomic E-state index is 13.2. The summed E-state index contributed by atoms with van der Waals surface area (Å²) in [4.78, 5) is 18.5. The highest BCUT2D eigenvalue weighted by Gasteiger charge is 2.44. The number of methoxy groups -OCH3 is 4. The van der Waals surface area contributed by atoms with Gasteiger partial charge in [-0.3, -0.25) is 4.79 Å². The summed E-state index contributed by atoms with van der Waals surface area (Å²) in [5.41, 5.74) is 2.73. The maximum atomic E-state index is 13.2. The van der Waals surface area contributed by atoms with Gasteiger partial charge in [-0.05, 0) is 47.4 Å². The quantitative estimate of drug-likeness (QED) is 0.175. The number of benzene rings is 2. The molecule has 1 aliphatic carbocycles. The summed E-state index contributed by atoms with van der Waals surface area (Å²) in [6.45, 7) is 4.04.